The fraction of sp³-hybridized carbons (Fsp3) is 1.00. The van der Waals surface area contributed by atoms with Gasteiger partial charge in [-0.25, -0.2) is 0 Å². The third kappa shape index (κ3) is 6.49. The molecule has 0 fully saturated rings. The van der Waals surface area contributed by atoms with Gasteiger partial charge in [0.2, 0.25) is 0 Å². The van der Waals surface area contributed by atoms with Crippen LogP contribution in [0.25, 0.3) is 0 Å². The molecule has 3 N–H and O–H groups in total. The SMILES string of the molecule is CC(C)(C)NCCCCC(C)(C)C(C)(C)N. The Kier molecular flexibility index (Phi) is 5.48. The van der Waals surface area contributed by atoms with Crippen LogP contribution >= 0.6 is 0 Å². The van der Waals surface area contributed by atoms with E-state index in [1.807, 2.05) is 0 Å². The van der Waals surface area contributed by atoms with E-state index in [2.05, 4.69) is 53.8 Å². The Morgan fingerprint density at radius 1 is 0.875 bits per heavy atom. The third-order valence-electron chi connectivity index (χ3n) is 3.63. The molecule has 0 saturated carbocycles. The Labute approximate surface area is 102 Å². The van der Waals surface area contributed by atoms with Crippen LogP contribution in [-0.4, -0.2) is 17.6 Å². The summed E-state index contributed by atoms with van der Waals surface area (Å²) in [5, 5.41) is 3.52. The summed E-state index contributed by atoms with van der Waals surface area (Å²) in [7, 11) is 0. The number of rotatable bonds is 6. The maximum Gasteiger partial charge on any atom is 0.0148 e. The minimum Gasteiger partial charge on any atom is -0.325 e. The predicted octanol–water partition coefficient (Wildman–Crippen LogP) is 3.31. The zero-order chi connectivity index (χ0) is 13.0. The molecule has 0 unspecified atom stereocenters. The first-order valence-electron chi connectivity index (χ1n) is 6.50. The van der Waals surface area contributed by atoms with E-state index in [0.29, 0.717) is 0 Å². The average molecular weight is 228 g/mol. The molecule has 0 radical (unpaired) electrons. The zero-order valence-corrected chi connectivity index (χ0v) is 12.4. The van der Waals surface area contributed by atoms with Crippen molar-refractivity contribution in [2.75, 3.05) is 6.54 Å². The normalized spacial score (nSPS) is 14.2. The smallest absolute Gasteiger partial charge is 0.0148 e. The molecular weight excluding hydrogens is 196 g/mol. The van der Waals surface area contributed by atoms with Gasteiger partial charge in [0.05, 0.1) is 0 Å². The van der Waals surface area contributed by atoms with Crippen LogP contribution in [0.3, 0.4) is 0 Å². The van der Waals surface area contributed by atoms with Gasteiger partial charge in [-0.3, -0.25) is 0 Å². The quantitative estimate of drug-likeness (QED) is 0.685. The van der Waals surface area contributed by atoms with Gasteiger partial charge in [0, 0.05) is 11.1 Å². The molecule has 2 heteroatoms. The van der Waals surface area contributed by atoms with E-state index in [0.717, 1.165) is 6.54 Å². The molecule has 0 amide bonds. The van der Waals surface area contributed by atoms with Gasteiger partial charge < -0.3 is 11.1 Å². The van der Waals surface area contributed by atoms with E-state index in [4.69, 9.17) is 5.73 Å². The van der Waals surface area contributed by atoms with E-state index >= 15 is 0 Å². The lowest BCUT2D eigenvalue weighted by Crippen LogP contribution is -2.47. The zero-order valence-electron chi connectivity index (χ0n) is 12.4. The molecule has 0 rings (SSSR count). The van der Waals surface area contributed by atoms with Gasteiger partial charge >= 0.3 is 0 Å². The van der Waals surface area contributed by atoms with Gasteiger partial charge in [-0.2, -0.15) is 0 Å². The Morgan fingerprint density at radius 2 is 1.38 bits per heavy atom. The fourth-order valence-electron chi connectivity index (χ4n) is 1.48. The molecule has 2 nitrogen and oxygen atoms in total. The first-order valence-corrected chi connectivity index (χ1v) is 6.50. The molecule has 0 aromatic rings. The monoisotopic (exact) mass is 228 g/mol. The maximum atomic E-state index is 6.18. The molecule has 0 aliphatic heterocycles. The summed E-state index contributed by atoms with van der Waals surface area (Å²) in [5.41, 5.74) is 6.54. The van der Waals surface area contributed by atoms with Crippen molar-refractivity contribution in [2.45, 2.75) is 78.8 Å². The lowest BCUT2D eigenvalue weighted by Gasteiger charge is -2.38. The highest BCUT2D eigenvalue weighted by atomic mass is 14.9. The molecular formula is C14H32N2. The van der Waals surface area contributed by atoms with Crippen LogP contribution in [0.15, 0.2) is 0 Å². The van der Waals surface area contributed by atoms with Gasteiger partial charge in [-0.15, -0.1) is 0 Å². The van der Waals surface area contributed by atoms with Crippen LogP contribution in [0.4, 0.5) is 0 Å². The summed E-state index contributed by atoms with van der Waals surface area (Å²) < 4.78 is 0. The van der Waals surface area contributed by atoms with Crippen LogP contribution in [0.2, 0.25) is 0 Å². The summed E-state index contributed by atoms with van der Waals surface area (Å²) in [6.45, 7) is 16.5. The first kappa shape index (κ1) is 15.9. The summed E-state index contributed by atoms with van der Waals surface area (Å²) in [6, 6.07) is 0. The van der Waals surface area contributed by atoms with Crippen molar-refractivity contribution in [3.63, 3.8) is 0 Å². The highest BCUT2D eigenvalue weighted by Gasteiger charge is 2.32. The van der Waals surface area contributed by atoms with Crippen molar-refractivity contribution in [2.24, 2.45) is 11.1 Å². The largest absolute Gasteiger partial charge is 0.325 e. The average Bonchev–Trinajstić information content (AvgIpc) is 1.98. The highest BCUT2D eigenvalue weighted by molar-refractivity contribution is 4.89. The molecule has 0 atom stereocenters. The van der Waals surface area contributed by atoms with E-state index in [9.17, 15) is 0 Å². The minimum absolute atomic E-state index is 0.0928. The van der Waals surface area contributed by atoms with Crippen LogP contribution < -0.4 is 11.1 Å². The molecule has 0 spiro atoms. The maximum absolute atomic E-state index is 6.18. The summed E-state index contributed by atoms with van der Waals surface area (Å²) >= 11 is 0. The summed E-state index contributed by atoms with van der Waals surface area (Å²) in [6.07, 6.45) is 3.68. The molecule has 0 bridgehead atoms. The van der Waals surface area contributed by atoms with Gasteiger partial charge in [-0.1, -0.05) is 20.3 Å². The van der Waals surface area contributed by atoms with Crippen molar-refractivity contribution in [3.05, 3.63) is 0 Å². The molecule has 98 valence electrons. The van der Waals surface area contributed by atoms with Gasteiger partial charge in [-0.05, 0) is 59.4 Å². The van der Waals surface area contributed by atoms with Crippen molar-refractivity contribution in [3.8, 4) is 0 Å². The van der Waals surface area contributed by atoms with Crippen LogP contribution in [0, 0.1) is 5.41 Å². The Balaban J connectivity index is 3.75. The van der Waals surface area contributed by atoms with E-state index in [1.54, 1.807) is 0 Å². The summed E-state index contributed by atoms with van der Waals surface area (Å²) in [5.74, 6) is 0. The third-order valence-corrected chi connectivity index (χ3v) is 3.63. The lowest BCUT2D eigenvalue weighted by molar-refractivity contribution is 0.180. The lowest BCUT2D eigenvalue weighted by atomic mass is 9.72. The van der Waals surface area contributed by atoms with E-state index in [1.165, 1.54) is 19.3 Å². The number of nitrogens with two attached hydrogens (primary N) is 1. The van der Waals surface area contributed by atoms with E-state index < -0.39 is 0 Å². The second-order valence-electron chi connectivity index (χ2n) is 7.24. The second kappa shape index (κ2) is 5.50. The summed E-state index contributed by atoms with van der Waals surface area (Å²) in [4.78, 5) is 0. The molecule has 0 aromatic heterocycles. The van der Waals surface area contributed by atoms with Gasteiger partial charge in [0.1, 0.15) is 0 Å². The predicted molar refractivity (Wildman–Crippen MR) is 73.7 cm³/mol. The molecule has 0 aromatic carbocycles. The molecule has 0 saturated heterocycles. The number of unbranched alkanes of at least 4 members (excludes halogenated alkanes) is 1. The van der Waals surface area contributed by atoms with Crippen molar-refractivity contribution >= 4 is 0 Å². The Bertz CT molecular complexity index is 194. The van der Waals surface area contributed by atoms with Crippen molar-refractivity contribution in [1.29, 1.82) is 0 Å². The molecule has 0 aliphatic rings. The topological polar surface area (TPSA) is 38.0 Å². The Morgan fingerprint density at radius 3 is 1.75 bits per heavy atom. The second-order valence-corrected chi connectivity index (χ2v) is 7.24. The van der Waals surface area contributed by atoms with Crippen LogP contribution in [-0.2, 0) is 0 Å². The highest BCUT2D eigenvalue weighted by Crippen LogP contribution is 2.33. The number of hydrogen-bond acceptors (Lipinski definition) is 2. The van der Waals surface area contributed by atoms with Gasteiger partial charge in [0.15, 0.2) is 0 Å². The molecule has 16 heavy (non-hydrogen) atoms. The fourth-order valence-corrected chi connectivity index (χ4v) is 1.48. The number of hydrogen-bond donors (Lipinski definition) is 2. The minimum atomic E-state index is -0.0928. The first-order chi connectivity index (χ1) is 6.96. The standard InChI is InChI=1S/C14H32N2/c1-12(2,3)16-11-9-8-10-13(4,5)14(6,7)15/h16H,8-11,15H2,1-7H3. The number of nitrogens with one attached hydrogen (secondary N) is 1. The van der Waals surface area contributed by atoms with Crippen LogP contribution in [0.5, 0.6) is 0 Å². The van der Waals surface area contributed by atoms with Crippen molar-refractivity contribution in [1.82, 2.24) is 5.32 Å². The molecule has 0 heterocycles. The van der Waals surface area contributed by atoms with Crippen LogP contribution in [0.1, 0.15) is 67.7 Å². The van der Waals surface area contributed by atoms with E-state index in [-0.39, 0.29) is 16.5 Å². The Hall–Kier alpha value is -0.0800. The van der Waals surface area contributed by atoms with Gasteiger partial charge in [0.25, 0.3) is 0 Å². The van der Waals surface area contributed by atoms with Crippen molar-refractivity contribution < 1.29 is 0 Å². The molecule has 0 aliphatic carbocycles.